The van der Waals surface area contributed by atoms with Gasteiger partial charge in [-0.2, -0.15) is 0 Å². The van der Waals surface area contributed by atoms with Crippen LogP contribution in [0.4, 0.5) is 0 Å². The van der Waals surface area contributed by atoms with Gasteiger partial charge in [-0.3, -0.25) is 4.90 Å². The van der Waals surface area contributed by atoms with E-state index < -0.39 is 0 Å². The van der Waals surface area contributed by atoms with E-state index in [4.69, 9.17) is 0 Å². The van der Waals surface area contributed by atoms with E-state index in [0.717, 1.165) is 19.3 Å². The summed E-state index contributed by atoms with van der Waals surface area (Å²) in [5, 5.41) is 10.2. The molecule has 0 aromatic carbocycles. The third-order valence-electron chi connectivity index (χ3n) is 3.98. The molecule has 1 aliphatic heterocycles. The lowest BCUT2D eigenvalue weighted by Gasteiger charge is -2.37. The lowest BCUT2D eigenvalue weighted by atomic mass is 9.97. The molecule has 1 fully saturated rings. The Morgan fingerprint density at radius 2 is 2.00 bits per heavy atom. The summed E-state index contributed by atoms with van der Waals surface area (Å²) in [7, 11) is 0. The molecule has 0 saturated carbocycles. The van der Waals surface area contributed by atoms with Crippen LogP contribution in [0.3, 0.4) is 0 Å². The van der Waals surface area contributed by atoms with Crippen molar-refractivity contribution in [3.8, 4) is 0 Å². The summed E-state index contributed by atoms with van der Waals surface area (Å²) in [6.45, 7) is 10.2. The second-order valence-corrected chi connectivity index (χ2v) is 5.52. The third-order valence-corrected chi connectivity index (χ3v) is 3.98. The SMILES string of the molecule is CCCC(O)C(CC)N1CCCC1C(C)C. The van der Waals surface area contributed by atoms with E-state index in [1.165, 1.54) is 19.4 Å². The van der Waals surface area contributed by atoms with Gasteiger partial charge in [-0.05, 0) is 38.1 Å². The highest BCUT2D eigenvalue weighted by atomic mass is 16.3. The van der Waals surface area contributed by atoms with Crippen LogP contribution in [0.5, 0.6) is 0 Å². The Kier molecular flexibility index (Phi) is 5.77. The highest BCUT2D eigenvalue weighted by Crippen LogP contribution is 2.28. The average Bonchev–Trinajstić information content (AvgIpc) is 2.68. The summed E-state index contributed by atoms with van der Waals surface area (Å²) in [4.78, 5) is 2.57. The second-order valence-electron chi connectivity index (χ2n) is 5.52. The molecular weight excluding hydrogens is 198 g/mol. The molecule has 96 valence electrons. The zero-order valence-corrected chi connectivity index (χ0v) is 11.4. The monoisotopic (exact) mass is 227 g/mol. The Hall–Kier alpha value is -0.0800. The first kappa shape index (κ1) is 14.0. The molecule has 1 N–H and O–H groups in total. The van der Waals surface area contributed by atoms with Gasteiger partial charge in [-0.25, -0.2) is 0 Å². The Morgan fingerprint density at radius 1 is 1.31 bits per heavy atom. The molecule has 1 heterocycles. The van der Waals surface area contributed by atoms with Crippen molar-refractivity contribution >= 4 is 0 Å². The van der Waals surface area contributed by atoms with Crippen molar-refractivity contribution in [3.63, 3.8) is 0 Å². The fourth-order valence-corrected chi connectivity index (χ4v) is 3.16. The molecule has 1 saturated heterocycles. The predicted octanol–water partition coefficient (Wildman–Crippen LogP) is 3.05. The second kappa shape index (κ2) is 6.61. The highest BCUT2D eigenvalue weighted by Gasteiger charge is 2.34. The number of hydrogen-bond acceptors (Lipinski definition) is 2. The maximum Gasteiger partial charge on any atom is 0.0695 e. The molecule has 0 aromatic rings. The fraction of sp³-hybridized carbons (Fsp3) is 1.00. The summed E-state index contributed by atoms with van der Waals surface area (Å²) in [6.07, 6.45) is 5.59. The quantitative estimate of drug-likeness (QED) is 0.754. The van der Waals surface area contributed by atoms with Crippen molar-refractivity contribution in [2.24, 2.45) is 5.92 Å². The fourth-order valence-electron chi connectivity index (χ4n) is 3.16. The number of hydrogen-bond donors (Lipinski definition) is 1. The minimum absolute atomic E-state index is 0.130. The van der Waals surface area contributed by atoms with Crippen LogP contribution < -0.4 is 0 Å². The van der Waals surface area contributed by atoms with Crippen LogP contribution in [0.15, 0.2) is 0 Å². The lowest BCUT2D eigenvalue weighted by molar-refractivity contribution is 0.0241. The normalized spacial score (nSPS) is 26.2. The first-order valence-corrected chi connectivity index (χ1v) is 7.05. The van der Waals surface area contributed by atoms with Crippen molar-refractivity contribution in [1.82, 2.24) is 4.90 Å². The van der Waals surface area contributed by atoms with Crippen LogP contribution in [-0.2, 0) is 0 Å². The molecule has 1 rings (SSSR count). The Balaban J connectivity index is 2.63. The standard InChI is InChI=1S/C14H29NO/c1-5-8-14(16)12(6-2)15-10-7-9-13(15)11(3)4/h11-14,16H,5-10H2,1-4H3. The van der Waals surface area contributed by atoms with Gasteiger partial charge in [-0.1, -0.05) is 34.1 Å². The number of aliphatic hydroxyl groups is 1. The molecule has 0 bridgehead atoms. The summed E-state index contributed by atoms with van der Waals surface area (Å²) < 4.78 is 0. The number of rotatable bonds is 6. The lowest BCUT2D eigenvalue weighted by Crippen LogP contribution is -2.47. The van der Waals surface area contributed by atoms with Gasteiger partial charge in [0.15, 0.2) is 0 Å². The van der Waals surface area contributed by atoms with E-state index in [2.05, 4.69) is 32.6 Å². The molecule has 16 heavy (non-hydrogen) atoms. The molecule has 2 heteroatoms. The first-order chi connectivity index (χ1) is 7.61. The molecule has 3 unspecified atom stereocenters. The summed E-state index contributed by atoms with van der Waals surface area (Å²) in [5.74, 6) is 0.713. The van der Waals surface area contributed by atoms with Crippen molar-refractivity contribution in [3.05, 3.63) is 0 Å². The van der Waals surface area contributed by atoms with Gasteiger partial charge in [0.1, 0.15) is 0 Å². The molecule has 3 atom stereocenters. The minimum Gasteiger partial charge on any atom is -0.391 e. The number of aliphatic hydroxyl groups excluding tert-OH is 1. The van der Waals surface area contributed by atoms with E-state index in [1.54, 1.807) is 0 Å². The first-order valence-electron chi connectivity index (χ1n) is 7.05. The van der Waals surface area contributed by atoms with Gasteiger partial charge in [-0.15, -0.1) is 0 Å². The van der Waals surface area contributed by atoms with Crippen molar-refractivity contribution in [2.45, 2.75) is 78.0 Å². The van der Waals surface area contributed by atoms with Crippen LogP contribution in [-0.4, -0.2) is 34.7 Å². The van der Waals surface area contributed by atoms with Gasteiger partial charge < -0.3 is 5.11 Å². The van der Waals surface area contributed by atoms with Gasteiger partial charge in [0.25, 0.3) is 0 Å². The molecule has 0 amide bonds. The summed E-state index contributed by atoms with van der Waals surface area (Å²) in [6, 6.07) is 1.08. The molecule has 1 aliphatic rings. The summed E-state index contributed by atoms with van der Waals surface area (Å²) >= 11 is 0. The minimum atomic E-state index is -0.130. The van der Waals surface area contributed by atoms with E-state index >= 15 is 0 Å². The zero-order valence-electron chi connectivity index (χ0n) is 11.4. The smallest absolute Gasteiger partial charge is 0.0695 e. The van der Waals surface area contributed by atoms with Crippen LogP contribution >= 0.6 is 0 Å². The van der Waals surface area contributed by atoms with Crippen LogP contribution in [0, 0.1) is 5.92 Å². The number of likely N-dealkylation sites (tertiary alicyclic amines) is 1. The van der Waals surface area contributed by atoms with Gasteiger partial charge in [0, 0.05) is 12.1 Å². The van der Waals surface area contributed by atoms with Gasteiger partial charge >= 0.3 is 0 Å². The van der Waals surface area contributed by atoms with Gasteiger partial charge in [0.2, 0.25) is 0 Å². The Labute approximate surface area is 101 Å². The third kappa shape index (κ3) is 3.21. The van der Waals surface area contributed by atoms with E-state index in [-0.39, 0.29) is 6.10 Å². The van der Waals surface area contributed by atoms with E-state index in [0.29, 0.717) is 18.0 Å². The maximum absolute atomic E-state index is 10.2. The maximum atomic E-state index is 10.2. The molecule has 0 aromatic heterocycles. The van der Waals surface area contributed by atoms with E-state index in [1.807, 2.05) is 0 Å². The molecule has 0 radical (unpaired) electrons. The Morgan fingerprint density at radius 3 is 2.50 bits per heavy atom. The van der Waals surface area contributed by atoms with Crippen molar-refractivity contribution in [2.75, 3.05) is 6.54 Å². The molecule has 2 nitrogen and oxygen atoms in total. The van der Waals surface area contributed by atoms with Crippen molar-refractivity contribution in [1.29, 1.82) is 0 Å². The van der Waals surface area contributed by atoms with Crippen LogP contribution in [0.2, 0.25) is 0 Å². The molecule has 0 spiro atoms. The predicted molar refractivity (Wildman–Crippen MR) is 69.6 cm³/mol. The van der Waals surface area contributed by atoms with E-state index in [9.17, 15) is 5.11 Å². The summed E-state index contributed by atoms with van der Waals surface area (Å²) in [5.41, 5.74) is 0. The Bertz CT molecular complexity index is 193. The average molecular weight is 227 g/mol. The van der Waals surface area contributed by atoms with Crippen LogP contribution in [0.1, 0.15) is 59.8 Å². The molecular formula is C14H29NO. The van der Waals surface area contributed by atoms with Gasteiger partial charge in [0.05, 0.1) is 6.10 Å². The highest BCUT2D eigenvalue weighted by molar-refractivity contribution is 4.89. The molecule has 0 aliphatic carbocycles. The zero-order chi connectivity index (χ0) is 12.1. The van der Waals surface area contributed by atoms with Crippen molar-refractivity contribution < 1.29 is 5.11 Å². The topological polar surface area (TPSA) is 23.5 Å². The largest absolute Gasteiger partial charge is 0.391 e. The number of nitrogens with zero attached hydrogens (tertiary/aromatic N) is 1. The van der Waals surface area contributed by atoms with Crippen LogP contribution in [0.25, 0.3) is 0 Å².